The minimum atomic E-state index is -0.596. The van der Waals surface area contributed by atoms with Crippen molar-refractivity contribution < 1.29 is 14.3 Å². The molecule has 0 fully saturated rings. The topological polar surface area (TPSA) is 86.3 Å². The Bertz CT molecular complexity index is 815. The lowest BCUT2D eigenvalue weighted by Gasteiger charge is -2.12. The minimum Gasteiger partial charge on any atom is -0.493 e. The number of primary amides is 1. The number of nitrogens with two attached hydrogens (primary N) is 1. The number of aromatic nitrogens is 1. The van der Waals surface area contributed by atoms with E-state index in [0.29, 0.717) is 30.0 Å². The van der Waals surface area contributed by atoms with Crippen molar-refractivity contribution in [2.24, 2.45) is 12.8 Å². The van der Waals surface area contributed by atoms with Gasteiger partial charge in [0.05, 0.1) is 22.5 Å². The van der Waals surface area contributed by atoms with Gasteiger partial charge in [0.15, 0.2) is 0 Å². The monoisotopic (exact) mass is 421 g/mol. The van der Waals surface area contributed by atoms with Crippen molar-refractivity contribution in [2.45, 2.75) is 33.1 Å². The Labute approximate surface area is 161 Å². The van der Waals surface area contributed by atoms with Crippen LogP contribution in [0.1, 0.15) is 53.1 Å². The third-order valence-corrected chi connectivity index (χ3v) is 4.99. The predicted octanol–water partition coefficient (Wildman–Crippen LogP) is 3.88. The predicted molar refractivity (Wildman–Crippen MR) is 106 cm³/mol. The van der Waals surface area contributed by atoms with Crippen LogP contribution in [0.2, 0.25) is 0 Å². The quantitative estimate of drug-likeness (QED) is 0.677. The van der Waals surface area contributed by atoms with Crippen LogP contribution in [0.5, 0.6) is 5.75 Å². The van der Waals surface area contributed by atoms with Gasteiger partial charge in [-0.15, -0.1) is 0 Å². The Kier molecular flexibility index (Phi) is 6.85. The van der Waals surface area contributed by atoms with Gasteiger partial charge >= 0.3 is 0 Å². The number of ether oxygens (including phenoxy) is 1. The van der Waals surface area contributed by atoms with E-state index in [-0.39, 0.29) is 11.6 Å². The van der Waals surface area contributed by atoms with Gasteiger partial charge in [-0.1, -0.05) is 32.4 Å². The molecule has 6 nitrogen and oxygen atoms in total. The summed E-state index contributed by atoms with van der Waals surface area (Å²) in [5.41, 5.74) is 7.53. The molecule has 1 aromatic carbocycles. The largest absolute Gasteiger partial charge is 0.493 e. The standard InChI is InChI=1S/C19H24BrN3O3/c1-4-8-13-15(16(18(21)24)23(3)17(13)20)22-19(25)12-9-6-7-10-14(12)26-11-5-2/h6-7,9-10H,4-5,8,11H2,1-3H3,(H2,21,24)(H,22,25). The molecule has 0 radical (unpaired) electrons. The average molecular weight is 422 g/mol. The van der Waals surface area contributed by atoms with Crippen molar-refractivity contribution in [3.63, 3.8) is 0 Å². The molecule has 7 heteroatoms. The van der Waals surface area contributed by atoms with Crippen LogP contribution in [-0.4, -0.2) is 23.0 Å². The average Bonchev–Trinajstić information content (AvgIpc) is 2.85. The number of hydrogen-bond acceptors (Lipinski definition) is 3. The molecule has 0 aliphatic carbocycles. The first kappa shape index (κ1) is 20.0. The van der Waals surface area contributed by atoms with Crippen LogP contribution < -0.4 is 15.8 Å². The highest BCUT2D eigenvalue weighted by Gasteiger charge is 2.25. The van der Waals surface area contributed by atoms with Gasteiger partial charge in [-0.05, 0) is 40.9 Å². The van der Waals surface area contributed by atoms with Crippen molar-refractivity contribution in [3.05, 3.63) is 45.7 Å². The van der Waals surface area contributed by atoms with Gasteiger partial charge in [0.2, 0.25) is 0 Å². The minimum absolute atomic E-state index is 0.264. The molecule has 0 atom stereocenters. The van der Waals surface area contributed by atoms with E-state index >= 15 is 0 Å². The lowest BCUT2D eigenvalue weighted by atomic mass is 10.1. The smallest absolute Gasteiger partial charge is 0.267 e. The lowest BCUT2D eigenvalue weighted by Crippen LogP contribution is -2.21. The normalized spacial score (nSPS) is 10.6. The second-order valence-electron chi connectivity index (χ2n) is 5.96. The number of amides is 2. The summed E-state index contributed by atoms with van der Waals surface area (Å²) in [6.45, 7) is 4.55. The molecule has 1 heterocycles. The number of rotatable bonds is 8. The van der Waals surface area contributed by atoms with Crippen LogP contribution in [0, 0.1) is 0 Å². The number of hydrogen-bond donors (Lipinski definition) is 2. The molecule has 140 valence electrons. The third-order valence-electron chi connectivity index (χ3n) is 3.98. The van der Waals surface area contributed by atoms with E-state index in [1.54, 1.807) is 29.8 Å². The van der Waals surface area contributed by atoms with Gasteiger partial charge in [0.1, 0.15) is 11.4 Å². The Hall–Kier alpha value is -2.28. The summed E-state index contributed by atoms with van der Waals surface area (Å²) < 4.78 is 8.05. The molecule has 0 aliphatic rings. The van der Waals surface area contributed by atoms with Crippen LogP contribution >= 0.6 is 15.9 Å². The summed E-state index contributed by atoms with van der Waals surface area (Å²) in [5, 5.41) is 2.87. The Morgan fingerprint density at radius 3 is 2.54 bits per heavy atom. The van der Waals surface area contributed by atoms with Crippen LogP contribution in [0.4, 0.5) is 5.69 Å². The number of carbonyl (C=O) groups is 2. The van der Waals surface area contributed by atoms with E-state index < -0.39 is 5.91 Å². The fourth-order valence-electron chi connectivity index (χ4n) is 2.79. The highest BCUT2D eigenvalue weighted by atomic mass is 79.9. The van der Waals surface area contributed by atoms with E-state index in [1.165, 1.54) is 0 Å². The maximum atomic E-state index is 12.9. The molecule has 0 aliphatic heterocycles. The number of nitrogens with zero attached hydrogens (tertiary/aromatic N) is 1. The lowest BCUT2D eigenvalue weighted by molar-refractivity contribution is 0.0993. The first-order valence-corrected chi connectivity index (χ1v) is 9.41. The Morgan fingerprint density at radius 2 is 1.92 bits per heavy atom. The molecular weight excluding hydrogens is 398 g/mol. The van der Waals surface area contributed by atoms with E-state index in [4.69, 9.17) is 10.5 Å². The SMILES string of the molecule is CCCOc1ccccc1C(=O)Nc1c(CCC)c(Br)n(C)c1C(N)=O. The summed E-state index contributed by atoms with van der Waals surface area (Å²) in [7, 11) is 1.73. The van der Waals surface area contributed by atoms with Crippen molar-refractivity contribution in [3.8, 4) is 5.75 Å². The molecular formula is C19H24BrN3O3. The van der Waals surface area contributed by atoms with E-state index in [9.17, 15) is 9.59 Å². The van der Waals surface area contributed by atoms with Crippen LogP contribution in [0.3, 0.4) is 0 Å². The first-order chi connectivity index (χ1) is 12.4. The Morgan fingerprint density at radius 1 is 1.23 bits per heavy atom. The van der Waals surface area contributed by atoms with Gasteiger partial charge in [0.25, 0.3) is 11.8 Å². The Balaban J connectivity index is 2.44. The molecule has 0 saturated heterocycles. The molecule has 0 bridgehead atoms. The molecule has 2 aromatic rings. The number of benzene rings is 1. The van der Waals surface area contributed by atoms with Crippen molar-refractivity contribution in [2.75, 3.05) is 11.9 Å². The first-order valence-electron chi connectivity index (χ1n) is 8.62. The maximum Gasteiger partial charge on any atom is 0.267 e. The molecule has 1 aromatic heterocycles. The molecule has 0 saturated carbocycles. The van der Waals surface area contributed by atoms with E-state index in [0.717, 1.165) is 23.0 Å². The van der Waals surface area contributed by atoms with Gasteiger partial charge in [-0.25, -0.2) is 0 Å². The van der Waals surface area contributed by atoms with Crippen LogP contribution in [0.15, 0.2) is 28.9 Å². The van der Waals surface area contributed by atoms with Crippen molar-refractivity contribution in [1.29, 1.82) is 0 Å². The van der Waals surface area contributed by atoms with Crippen LogP contribution in [-0.2, 0) is 13.5 Å². The zero-order chi connectivity index (χ0) is 19.3. The van der Waals surface area contributed by atoms with Gasteiger partial charge in [0, 0.05) is 12.6 Å². The third kappa shape index (κ3) is 4.09. The van der Waals surface area contributed by atoms with Gasteiger partial charge in [-0.3, -0.25) is 9.59 Å². The second kappa shape index (κ2) is 8.89. The molecule has 3 N–H and O–H groups in total. The zero-order valence-corrected chi connectivity index (χ0v) is 16.9. The fourth-order valence-corrected chi connectivity index (χ4v) is 3.36. The number of nitrogens with one attached hydrogen (secondary N) is 1. The van der Waals surface area contributed by atoms with Crippen molar-refractivity contribution in [1.82, 2.24) is 4.57 Å². The summed E-state index contributed by atoms with van der Waals surface area (Å²) in [5.74, 6) is -0.421. The summed E-state index contributed by atoms with van der Waals surface area (Å²) in [6.07, 6.45) is 2.40. The van der Waals surface area contributed by atoms with E-state index in [2.05, 4.69) is 21.2 Å². The van der Waals surface area contributed by atoms with Gasteiger partial charge in [-0.2, -0.15) is 0 Å². The molecule has 0 spiro atoms. The number of carbonyl (C=O) groups excluding carboxylic acids is 2. The fraction of sp³-hybridized carbons (Fsp3) is 0.368. The summed E-state index contributed by atoms with van der Waals surface area (Å²) >= 11 is 3.50. The molecule has 0 unspecified atom stereocenters. The zero-order valence-electron chi connectivity index (χ0n) is 15.3. The van der Waals surface area contributed by atoms with Gasteiger partial charge < -0.3 is 20.4 Å². The molecule has 2 rings (SSSR count). The molecule has 26 heavy (non-hydrogen) atoms. The summed E-state index contributed by atoms with van der Waals surface area (Å²) in [6, 6.07) is 7.05. The maximum absolute atomic E-state index is 12.9. The number of anilines is 1. The number of halogens is 1. The summed E-state index contributed by atoms with van der Waals surface area (Å²) in [4.78, 5) is 24.8. The van der Waals surface area contributed by atoms with Crippen molar-refractivity contribution >= 4 is 33.4 Å². The number of para-hydroxylation sites is 1. The molecule has 2 amide bonds. The van der Waals surface area contributed by atoms with E-state index in [1.807, 2.05) is 19.9 Å². The highest BCUT2D eigenvalue weighted by Crippen LogP contribution is 2.33. The highest BCUT2D eigenvalue weighted by molar-refractivity contribution is 9.10. The van der Waals surface area contributed by atoms with Crippen LogP contribution in [0.25, 0.3) is 0 Å². The second-order valence-corrected chi connectivity index (χ2v) is 6.72.